The third kappa shape index (κ3) is 2.73. The molecule has 0 aliphatic rings. The average molecular weight is 481 g/mol. The summed E-state index contributed by atoms with van der Waals surface area (Å²) in [4.78, 5) is 0. The van der Waals surface area contributed by atoms with Crippen LogP contribution in [0.5, 0.6) is 0 Å². The van der Waals surface area contributed by atoms with Crippen molar-refractivity contribution in [2.24, 2.45) is 0 Å². The fourth-order valence-electron chi connectivity index (χ4n) is 4.39. The Morgan fingerprint density at radius 3 is 1.75 bits per heavy atom. The van der Waals surface area contributed by atoms with Crippen molar-refractivity contribution in [1.82, 2.24) is 0 Å². The average Bonchev–Trinajstić information content (AvgIpc) is 3.72. The Hall–Kier alpha value is -4.82. The summed E-state index contributed by atoms with van der Waals surface area (Å²) in [6.45, 7) is 0. The molecule has 0 bridgehead atoms. The molecule has 8 aromatic rings. The molecule has 0 saturated heterocycles. The van der Waals surface area contributed by atoms with Crippen LogP contribution in [-0.4, -0.2) is 0 Å². The molecule has 36 heavy (non-hydrogen) atoms. The van der Waals surface area contributed by atoms with Crippen molar-refractivity contribution < 1.29 is 36.2 Å². The highest BCUT2D eigenvalue weighted by Crippen LogP contribution is 2.44. The molecule has 2 heteroatoms. The number of hydrogen-bond acceptors (Lipinski definition) is 2. The highest BCUT2D eigenvalue weighted by molar-refractivity contribution is 6.22. The van der Waals surface area contributed by atoms with E-state index in [-0.39, 0.29) is 21.7 Å². The van der Waals surface area contributed by atoms with Gasteiger partial charge in [-0.25, -0.2) is 0 Å². The molecule has 0 aliphatic heterocycles. The van der Waals surface area contributed by atoms with Gasteiger partial charge in [0.1, 0.15) is 18.1 Å². The van der Waals surface area contributed by atoms with E-state index in [0.29, 0.717) is 0 Å². The molecule has 2 aromatic heterocycles. The highest BCUT2D eigenvalue weighted by atomic mass is 16.3. The molecule has 0 unspecified atom stereocenters. The number of hydrogen-bond donors (Lipinski definition) is 0. The fraction of sp³-hybridized carbons (Fsp3) is 0. The normalized spacial score (nSPS) is 19.7. The first-order valence-corrected chi connectivity index (χ1v) is 10.6. The minimum absolute atomic E-state index is 0.292. The molecule has 0 N–H and O–H groups in total. The number of furan rings is 2. The van der Waals surface area contributed by atoms with Crippen molar-refractivity contribution >= 4 is 54.5 Å². The molecule has 0 spiro atoms. The molecular weight excluding hydrogens is 440 g/mol. The van der Waals surface area contributed by atoms with E-state index in [2.05, 4.69) is 0 Å². The summed E-state index contributed by atoms with van der Waals surface area (Å²) >= 11 is 0. The lowest BCUT2D eigenvalue weighted by molar-refractivity contribution is 0.613. The maximum absolute atomic E-state index is 9.57. The molecule has 0 fully saturated rings. The smallest absolute Gasteiger partial charge is 0.139 e. The molecule has 2 heterocycles. The summed E-state index contributed by atoms with van der Waals surface area (Å²) in [6, 6.07) is -15.2. The topological polar surface area (TPSA) is 26.3 Å². The van der Waals surface area contributed by atoms with E-state index in [1.807, 2.05) is 0 Å². The van der Waals surface area contributed by atoms with Crippen LogP contribution >= 0.6 is 0 Å². The monoisotopic (exact) mass is 480 g/mol. The molecule has 2 nitrogen and oxygen atoms in total. The molecule has 0 saturated carbocycles. The van der Waals surface area contributed by atoms with Crippen LogP contribution in [0, 0.1) is 0 Å². The first kappa shape index (κ1) is 8.39. The molecule has 0 atom stereocenters. The minimum Gasteiger partial charge on any atom is -0.464 e. The molecule has 6 aromatic carbocycles. The molecule has 0 aliphatic carbocycles. The Kier molecular flexibility index (Phi) is 1.71. The van der Waals surface area contributed by atoms with E-state index in [9.17, 15) is 2.74 Å². The Bertz CT molecular complexity index is 3090. The zero-order chi connectivity index (χ0) is 41.0. The Morgan fingerprint density at radius 1 is 0.444 bits per heavy atom. The van der Waals surface area contributed by atoms with Gasteiger partial charge in [-0.05, 0) is 68.0 Å². The Labute approximate surface area is 235 Å². The summed E-state index contributed by atoms with van der Waals surface area (Å²) in [6.07, 6.45) is -0.666. The number of benzene rings is 6. The van der Waals surface area contributed by atoms with Crippen LogP contribution in [0.4, 0.5) is 0 Å². The Morgan fingerprint density at radius 2 is 1.06 bits per heavy atom. The lowest BCUT2D eigenvalue weighted by Gasteiger charge is -2.17. The van der Waals surface area contributed by atoms with Gasteiger partial charge < -0.3 is 8.83 Å². The van der Waals surface area contributed by atoms with Crippen LogP contribution in [-0.2, 0) is 0 Å². The van der Waals surface area contributed by atoms with Crippen molar-refractivity contribution in [2.45, 2.75) is 0 Å². The SMILES string of the molecule is [2H]c1oc2c([2H])c3oc4c([2H])c([2H])c(-c5c6c([2H])c([2H])c([2H])c([2H])c6c(-c6c([2H])c([2H])c([2H])c([2H])c6[2H])c6c([2H])c([2H])c([2H])c([2H])c56)c([2H])c4c3c([2H])c2c1[2H]. The van der Waals surface area contributed by atoms with Crippen molar-refractivity contribution in [3.63, 3.8) is 0 Å². The predicted octanol–water partition coefficient (Wildman–Crippen LogP) is 9.97. The quantitative estimate of drug-likeness (QED) is 0.230. The third-order valence-electron chi connectivity index (χ3n) is 5.87. The Balaban J connectivity index is 1.74. The van der Waals surface area contributed by atoms with Crippen molar-refractivity contribution in [1.29, 1.82) is 0 Å². The predicted molar refractivity (Wildman–Crippen MR) is 149 cm³/mol. The maximum Gasteiger partial charge on any atom is 0.139 e. The lowest BCUT2D eigenvalue weighted by atomic mass is 9.86. The fourth-order valence-corrected chi connectivity index (χ4v) is 4.39. The van der Waals surface area contributed by atoms with Crippen LogP contribution in [0.15, 0.2) is 130 Å². The first-order chi connectivity index (χ1) is 26.2. The molecular formula is C34H20O2. The highest BCUT2D eigenvalue weighted by Gasteiger charge is 2.18. The number of fused-ring (bicyclic) bond motifs is 6. The van der Waals surface area contributed by atoms with Gasteiger partial charge in [0.15, 0.2) is 0 Å². The van der Waals surface area contributed by atoms with Gasteiger partial charge in [-0.3, -0.25) is 0 Å². The van der Waals surface area contributed by atoms with Crippen LogP contribution in [0.25, 0.3) is 76.7 Å². The van der Waals surface area contributed by atoms with Gasteiger partial charge in [0.2, 0.25) is 0 Å². The van der Waals surface area contributed by atoms with Crippen LogP contribution in [0.3, 0.4) is 0 Å². The van der Waals surface area contributed by atoms with Crippen LogP contribution in [0.1, 0.15) is 27.4 Å². The van der Waals surface area contributed by atoms with E-state index in [4.69, 9.17) is 33.5 Å². The van der Waals surface area contributed by atoms with Gasteiger partial charge >= 0.3 is 0 Å². The summed E-state index contributed by atoms with van der Waals surface area (Å²) in [5.74, 6) is 0. The molecule has 0 radical (unpaired) electrons. The van der Waals surface area contributed by atoms with E-state index >= 15 is 0 Å². The van der Waals surface area contributed by atoms with E-state index in [1.165, 1.54) is 0 Å². The zero-order valence-corrected chi connectivity index (χ0v) is 17.8. The third-order valence-corrected chi connectivity index (χ3v) is 5.87. The lowest BCUT2D eigenvalue weighted by Crippen LogP contribution is -1.90. The second-order valence-corrected chi connectivity index (χ2v) is 7.79. The van der Waals surface area contributed by atoms with Gasteiger partial charge in [-0.1, -0.05) is 84.6 Å². The first-order valence-electron chi connectivity index (χ1n) is 20.6. The summed E-state index contributed by atoms with van der Waals surface area (Å²) in [5.41, 5.74) is -3.66. The van der Waals surface area contributed by atoms with Gasteiger partial charge in [-0.15, -0.1) is 0 Å². The van der Waals surface area contributed by atoms with E-state index in [1.54, 1.807) is 0 Å². The van der Waals surface area contributed by atoms with E-state index < -0.39 is 176 Å². The van der Waals surface area contributed by atoms with Gasteiger partial charge in [-0.2, -0.15) is 0 Å². The van der Waals surface area contributed by atoms with Crippen molar-refractivity contribution in [3.05, 3.63) is 121 Å². The molecule has 0 amide bonds. The largest absolute Gasteiger partial charge is 0.464 e. The standard InChI is InChI=1S/C34H20O2/c1-2-8-21(9-3-1)33-24-10-4-6-12-26(24)34(27-13-7-5-11-25(27)33)23-14-15-30-28(19-23)29-18-22-16-17-35-31(22)20-32(29)36-30/h1-20H/i1D,2D,3D,4D,5D,6D,7D,8D,9D,10D,11D,12D,13D,14D,15D,16D,17D,18D,19D,20D. The summed E-state index contributed by atoms with van der Waals surface area (Å²) in [7, 11) is 0. The molecule has 168 valence electrons. The number of rotatable bonds is 2. The second kappa shape index (κ2) is 7.34. The zero-order valence-electron chi connectivity index (χ0n) is 37.8. The van der Waals surface area contributed by atoms with Gasteiger partial charge in [0, 0.05) is 22.2 Å². The van der Waals surface area contributed by atoms with Crippen molar-refractivity contribution in [2.75, 3.05) is 0 Å². The van der Waals surface area contributed by atoms with Gasteiger partial charge in [0.25, 0.3) is 0 Å². The molecule has 8 rings (SSSR count). The van der Waals surface area contributed by atoms with Gasteiger partial charge in [0.05, 0.1) is 32.3 Å². The summed E-state index contributed by atoms with van der Waals surface area (Å²) in [5, 5.41) is -3.30. The van der Waals surface area contributed by atoms with Crippen molar-refractivity contribution in [3.8, 4) is 22.3 Å². The maximum atomic E-state index is 9.57. The van der Waals surface area contributed by atoms with E-state index in [0.717, 1.165) is 0 Å². The van der Waals surface area contributed by atoms with Crippen LogP contribution < -0.4 is 0 Å². The van der Waals surface area contributed by atoms with Crippen LogP contribution in [0.2, 0.25) is 0 Å². The summed E-state index contributed by atoms with van der Waals surface area (Å²) < 4.78 is 186. The second-order valence-electron chi connectivity index (χ2n) is 7.79. The minimum atomic E-state index is -0.876.